The Morgan fingerprint density at radius 3 is 2.62 bits per heavy atom. The minimum atomic E-state index is 0.482. The molecule has 0 amide bonds. The molecule has 0 fully saturated rings. The van der Waals surface area contributed by atoms with Crippen molar-refractivity contribution in [1.82, 2.24) is 4.98 Å². The fourth-order valence-electron chi connectivity index (χ4n) is 1.38. The van der Waals surface area contributed by atoms with Gasteiger partial charge in [0.15, 0.2) is 0 Å². The van der Waals surface area contributed by atoms with E-state index in [9.17, 15) is 0 Å². The number of nitrogens with zero attached hydrogens (tertiary/aromatic N) is 1. The van der Waals surface area contributed by atoms with Gasteiger partial charge in [-0.3, -0.25) is 4.98 Å². The number of aromatic nitrogens is 1. The molecule has 0 saturated carbocycles. The molecule has 16 heavy (non-hydrogen) atoms. The Balaban J connectivity index is 1.85. The van der Waals surface area contributed by atoms with Crippen molar-refractivity contribution in [3.8, 4) is 0 Å². The Kier molecular flexibility index (Phi) is 3.91. The van der Waals surface area contributed by atoms with Crippen LogP contribution in [0.3, 0.4) is 0 Å². The van der Waals surface area contributed by atoms with E-state index in [1.807, 2.05) is 36.4 Å². The number of hydrogen-bond donors (Lipinski definition) is 0. The molecule has 3 heteroatoms. The van der Waals surface area contributed by atoms with Gasteiger partial charge in [0.05, 0.1) is 18.9 Å². The zero-order valence-electron chi connectivity index (χ0n) is 8.77. The molecule has 0 atom stereocenters. The van der Waals surface area contributed by atoms with Crippen molar-refractivity contribution in [2.24, 2.45) is 0 Å². The van der Waals surface area contributed by atoms with Crippen LogP contribution in [0.2, 0.25) is 5.02 Å². The summed E-state index contributed by atoms with van der Waals surface area (Å²) in [5, 5.41) is 0.688. The topological polar surface area (TPSA) is 22.1 Å². The van der Waals surface area contributed by atoms with Crippen molar-refractivity contribution >= 4 is 11.6 Å². The highest BCUT2D eigenvalue weighted by molar-refractivity contribution is 6.30. The SMILES string of the molecule is Clc1ccnc(COCc2ccccc2)c1. The molecular formula is C13H12ClNO. The lowest BCUT2D eigenvalue weighted by atomic mass is 10.2. The maximum Gasteiger partial charge on any atom is 0.0892 e. The van der Waals surface area contributed by atoms with Gasteiger partial charge in [-0.15, -0.1) is 0 Å². The van der Waals surface area contributed by atoms with E-state index in [1.165, 1.54) is 0 Å². The third kappa shape index (κ3) is 3.33. The number of hydrogen-bond acceptors (Lipinski definition) is 2. The van der Waals surface area contributed by atoms with Crippen molar-refractivity contribution in [3.63, 3.8) is 0 Å². The van der Waals surface area contributed by atoms with Crippen LogP contribution >= 0.6 is 11.6 Å². The van der Waals surface area contributed by atoms with E-state index in [0.717, 1.165) is 11.3 Å². The quantitative estimate of drug-likeness (QED) is 0.807. The largest absolute Gasteiger partial charge is 0.370 e. The van der Waals surface area contributed by atoms with E-state index in [-0.39, 0.29) is 0 Å². The third-order valence-electron chi connectivity index (χ3n) is 2.14. The highest BCUT2D eigenvalue weighted by Gasteiger charge is 1.96. The first kappa shape index (κ1) is 11.1. The summed E-state index contributed by atoms with van der Waals surface area (Å²) in [4.78, 5) is 4.16. The lowest BCUT2D eigenvalue weighted by molar-refractivity contribution is 0.104. The molecule has 0 aliphatic heterocycles. The molecule has 2 aromatic rings. The first-order valence-corrected chi connectivity index (χ1v) is 5.44. The van der Waals surface area contributed by atoms with Crippen LogP contribution in [-0.2, 0) is 18.0 Å². The minimum Gasteiger partial charge on any atom is -0.370 e. The molecule has 2 nitrogen and oxygen atoms in total. The van der Waals surface area contributed by atoms with Gasteiger partial charge in [-0.05, 0) is 17.7 Å². The lowest BCUT2D eigenvalue weighted by Gasteiger charge is -2.04. The molecule has 2 rings (SSSR count). The lowest BCUT2D eigenvalue weighted by Crippen LogP contribution is -1.96. The normalized spacial score (nSPS) is 10.3. The van der Waals surface area contributed by atoms with E-state index in [4.69, 9.17) is 16.3 Å². The number of rotatable bonds is 4. The summed E-state index contributed by atoms with van der Waals surface area (Å²) in [6, 6.07) is 13.6. The van der Waals surface area contributed by atoms with Gasteiger partial charge in [0, 0.05) is 11.2 Å². The van der Waals surface area contributed by atoms with Gasteiger partial charge in [0.1, 0.15) is 0 Å². The Morgan fingerprint density at radius 2 is 1.88 bits per heavy atom. The second-order valence-electron chi connectivity index (χ2n) is 3.44. The second kappa shape index (κ2) is 5.64. The molecule has 0 N–H and O–H groups in total. The van der Waals surface area contributed by atoms with Gasteiger partial charge in [-0.2, -0.15) is 0 Å². The predicted molar refractivity (Wildman–Crippen MR) is 64.2 cm³/mol. The maximum absolute atomic E-state index is 5.85. The molecule has 0 radical (unpaired) electrons. The molecule has 0 aliphatic rings. The minimum absolute atomic E-state index is 0.482. The monoisotopic (exact) mass is 233 g/mol. The average Bonchev–Trinajstić information content (AvgIpc) is 2.30. The molecule has 1 heterocycles. The summed E-state index contributed by atoms with van der Waals surface area (Å²) in [6.07, 6.45) is 1.68. The molecule has 1 aromatic heterocycles. The predicted octanol–water partition coefficient (Wildman–Crippen LogP) is 3.45. The second-order valence-corrected chi connectivity index (χ2v) is 3.88. The summed E-state index contributed by atoms with van der Waals surface area (Å²) in [6.45, 7) is 1.07. The highest BCUT2D eigenvalue weighted by Crippen LogP contribution is 2.09. The fourth-order valence-corrected chi connectivity index (χ4v) is 1.56. The van der Waals surface area contributed by atoms with E-state index < -0.39 is 0 Å². The van der Waals surface area contributed by atoms with Gasteiger partial charge in [0.25, 0.3) is 0 Å². The van der Waals surface area contributed by atoms with Crippen molar-refractivity contribution in [2.45, 2.75) is 13.2 Å². The number of ether oxygens (including phenoxy) is 1. The van der Waals surface area contributed by atoms with Gasteiger partial charge < -0.3 is 4.74 Å². The summed E-state index contributed by atoms with van der Waals surface area (Å²) >= 11 is 5.85. The van der Waals surface area contributed by atoms with Gasteiger partial charge in [0.2, 0.25) is 0 Å². The molecule has 1 aromatic carbocycles. The number of pyridine rings is 1. The zero-order valence-corrected chi connectivity index (χ0v) is 9.52. The zero-order chi connectivity index (χ0) is 11.2. The van der Waals surface area contributed by atoms with Gasteiger partial charge in [-0.1, -0.05) is 41.9 Å². The highest BCUT2D eigenvalue weighted by atomic mass is 35.5. The van der Waals surface area contributed by atoms with Crippen molar-refractivity contribution in [2.75, 3.05) is 0 Å². The summed E-state index contributed by atoms with van der Waals surface area (Å²) < 4.78 is 5.54. The molecule has 0 unspecified atom stereocenters. The van der Waals surface area contributed by atoms with Crippen LogP contribution in [0.25, 0.3) is 0 Å². The fraction of sp³-hybridized carbons (Fsp3) is 0.154. The molecule has 0 aliphatic carbocycles. The third-order valence-corrected chi connectivity index (χ3v) is 2.38. The van der Waals surface area contributed by atoms with Crippen LogP contribution in [0, 0.1) is 0 Å². The van der Waals surface area contributed by atoms with E-state index >= 15 is 0 Å². The van der Waals surface area contributed by atoms with Crippen LogP contribution in [0.1, 0.15) is 11.3 Å². The smallest absolute Gasteiger partial charge is 0.0892 e. The molecule has 82 valence electrons. The summed E-state index contributed by atoms with van der Waals surface area (Å²) in [7, 11) is 0. The van der Waals surface area contributed by atoms with E-state index in [1.54, 1.807) is 12.3 Å². The molecule has 0 bridgehead atoms. The summed E-state index contributed by atoms with van der Waals surface area (Å²) in [5.74, 6) is 0. The van der Waals surface area contributed by atoms with Gasteiger partial charge in [-0.25, -0.2) is 0 Å². The number of benzene rings is 1. The van der Waals surface area contributed by atoms with E-state index in [0.29, 0.717) is 18.2 Å². The van der Waals surface area contributed by atoms with Gasteiger partial charge >= 0.3 is 0 Å². The Hall–Kier alpha value is -1.38. The molecule has 0 spiro atoms. The van der Waals surface area contributed by atoms with Crippen LogP contribution in [0.5, 0.6) is 0 Å². The van der Waals surface area contributed by atoms with Crippen molar-refractivity contribution in [1.29, 1.82) is 0 Å². The number of halogens is 1. The average molecular weight is 234 g/mol. The first-order chi connectivity index (χ1) is 7.84. The Morgan fingerprint density at radius 1 is 1.06 bits per heavy atom. The summed E-state index contributed by atoms with van der Waals surface area (Å²) in [5.41, 5.74) is 2.01. The van der Waals surface area contributed by atoms with Crippen LogP contribution in [0.15, 0.2) is 48.7 Å². The van der Waals surface area contributed by atoms with Crippen LogP contribution in [-0.4, -0.2) is 4.98 Å². The van der Waals surface area contributed by atoms with E-state index in [2.05, 4.69) is 4.98 Å². The maximum atomic E-state index is 5.85. The Labute approximate surface area is 99.9 Å². The van der Waals surface area contributed by atoms with Crippen LogP contribution < -0.4 is 0 Å². The van der Waals surface area contributed by atoms with Crippen molar-refractivity contribution in [3.05, 3.63) is 64.9 Å². The standard InChI is InChI=1S/C13H12ClNO/c14-12-6-7-15-13(8-12)10-16-9-11-4-2-1-3-5-11/h1-8H,9-10H2. The van der Waals surface area contributed by atoms with Crippen molar-refractivity contribution < 1.29 is 4.74 Å². The van der Waals surface area contributed by atoms with Crippen LogP contribution in [0.4, 0.5) is 0 Å². The molecular weight excluding hydrogens is 222 g/mol. The molecule has 0 saturated heterocycles. The first-order valence-electron chi connectivity index (χ1n) is 5.07. The Bertz CT molecular complexity index is 445.